The number of nitrogens with zero attached hydrogens (tertiary/aromatic N) is 2. The highest BCUT2D eigenvalue weighted by Gasteiger charge is 2.50. The van der Waals surface area contributed by atoms with Crippen molar-refractivity contribution in [2.45, 2.75) is 104 Å². The molecule has 0 aliphatic carbocycles. The van der Waals surface area contributed by atoms with E-state index in [1.165, 1.54) is 12.0 Å². The Hall–Kier alpha value is -0.550. The summed E-state index contributed by atoms with van der Waals surface area (Å²) in [5, 5.41) is 2.27. The molecule has 2 aliphatic heterocycles. The van der Waals surface area contributed by atoms with Gasteiger partial charge in [0.05, 0.1) is 13.2 Å². The monoisotopic (exact) mass is 464 g/mol. The zero-order chi connectivity index (χ0) is 23.6. The summed E-state index contributed by atoms with van der Waals surface area (Å²) in [6.45, 7) is 20.7. The lowest BCUT2D eigenvalue weighted by molar-refractivity contribution is -0.309. The van der Waals surface area contributed by atoms with E-state index in [1.807, 2.05) is 0 Å². The Morgan fingerprint density at radius 1 is 1.03 bits per heavy atom. The summed E-state index contributed by atoms with van der Waals surface area (Å²) in [5.41, 5.74) is 1.09. The minimum Gasteiger partial charge on any atom is -0.321 e. The molecule has 0 aromatic heterocycles. The molecule has 1 atom stereocenters. The van der Waals surface area contributed by atoms with Crippen molar-refractivity contribution < 1.29 is 13.9 Å². The van der Waals surface area contributed by atoms with Gasteiger partial charge in [-0.3, -0.25) is 4.84 Å². The lowest BCUT2D eigenvalue weighted by atomic mass is 9.79. The van der Waals surface area contributed by atoms with Gasteiger partial charge in [0.15, 0.2) is 0 Å². The number of hydrogen-bond acceptors (Lipinski definition) is 5. The Morgan fingerprint density at radius 3 is 2.12 bits per heavy atom. The van der Waals surface area contributed by atoms with Crippen molar-refractivity contribution in [3.8, 4) is 0 Å². The first-order valence-electron chi connectivity index (χ1n) is 12.3. The molecular formula is C26H45N2O3P. The van der Waals surface area contributed by atoms with Crippen LogP contribution in [-0.4, -0.2) is 46.6 Å². The van der Waals surface area contributed by atoms with E-state index in [0.717, 1.165) is 39.0 Å². The molecular weight excluding hydrogens is 419 g/mol. The Bertz CT molecular complexity index is 697. The predicted octanol–water partition coefficient (Wildman–Crippen LogP) is 7.10. The molecule has 2 saturated heterocycles. The van der Waals surface area contributed by atoms with E-state index in [0.29, 0.717) is 6.04 Å². The van der Waals surface area contributed by atoms with Crippen molar-refractivity contribution in [1.82, 2.24) is 9.73 Å². The lowest BCUT2D eigenvalue weighted by Crippen LogP contribution is -2.63. The van der Waals surface area contributed by atoms with Crippen molar-refractivity contribution in [2.24, 2.45) is 5.41 Å². The third-order valence-corrected chi connectivity index (χ3v) is 8.25. The number of hydrogen-bond donors (Lipinski definition) is 0. The normalized spacial score (nSPS) is 25.2. The quantitative estimate of drug-likeness (QED) is 0.383. The second-order valence-electron chi connectivity index (χ2n) is 11.6. The molecule has 5 nitrogen and oxygen atoms in total. The molecule has 3 rings (SSSR count). The minimum absolute atomic E-state index is 0.0131. The fourth-order valence-corrected chi connectivity index (χ4v) is 7.08. The van der Waals surface area contributed by atoms with Crippen LogP contribution in [0.25, 0.3) is 0 Å². The first-order valence-corrected chi connectivity index (χ1v) is 13.4. The summed E-state index contributed by atoms with van der Waals surface area (Å²) in [6, 6.07) is 10.9. The molecule has 2 fully saturated rings. The van der Waals surface area contributed by atoms with Gasteiger partial charge in [-0.25, -0.2) is 4.67 Å². The molecule has 1 aromatic carbocycles. The van der Waals surface area contributed by atoms with Gasteiger partial charge >= 0.3 is 0 Å². The summed E-state index contributed by atoms with van der Waals surface area (Å²) in [5.74, 6) is 0. The molecule has 2 aliphatic rings. The Balaban J connectivity index is 1.76. The highest BCUT2D eigenvalue weighted by atomic mass is 31.2. The second-order valence-corrected chi connectivity index (χ2v) is 13.1. The predicted molar refractivity (Wildman–Crippen MR) is 133 cm³/mol. The number of piperidine rings is 1. The number of benzene rings is 1. The molecule has 0 bridgehead atoms. The maximum absolute atomic E-state index is 6.65. The summed E-state index contributed by atoms with van der Waals surface area (Å²) in [7, 11) is -1.00. The van der Waals surface area contributed by atoms with Crippen LogP contribution in [0.3, 0.4) is 0 Å². The fourth-order valence-electron chi connectivity index (χ4n) is 5.05. The van der Waals surface area contributed by atoms with E-state index in [4.69, 9.17) is 13.9 Å². The van der Waals surface area contributed by atoms with Crippen LogP contribution < -0.4 is 0 Å². The molecule has 2 heterocycles. The van der Waals surface area contributed by atoms with Crippen molar-refractivity contribution in [1.29, 1.82) is 0 Å². The van der Waals surface area contributed by atoms with E-state index in [2.05, 4.69) is 95.5 Å². The van der Waals surface area contributed by atoms with Crippen LogP contribution >= 0.6 is 8.53 Å². The van der Waals surface area contributed by atoms with Crippen molar-refractivity contribution >= 4 is 8.53 Å². The maximum atomic E-state index is 6.65. The summed E-state index contributed by atoms with van der Waals surface area (Å²) in [4.78, 5) is 6.65. The van der Waals surface area contributed by atoms with Crippen molar-refractivity contribution in [3.63, 3.8) is 0 Å². The number of rotatable bonds is 8. The first kappa shape index (κ1) is 26.1. The molecule has 1 unspecified atom stereocenters. The number of hydroxylamine groups is 2. The molecule has 182 valence electrons. The van der Waals surface area contributed by atoms with Crippen LogP contribution in [0.15, 0.2) is 30.3 Å². The summed E-state index contributed by atoms with van der Waals surface area (Å²) < 4.78 is 15.2. The maximum Gasteiger partial charge on any atom is 0.259 e. The molecule has 32 heavy (non-hydrogen) atoms. The van der Waals surface area contributed by atoms with Crippen LogP contribution in [0.5, 0.6) is 0 Å². The highest BCUT2D eigenvalue weighted by Crippen LogP contribution is 2.53. The van der Waals surface area contributed by atoms with Crippen molar-refractivity contribution in [2.75, 3.05) is 19.8 Å². The van der Waals surface area contributed by atoms with Gasteiger partial charge in [0, 0.05) is 29.1 Å². The lowest BCUT2D eigenvalue weighted by Gasteiger charge is -2.56. The molecule has 0 N–H and O–H groups in total. The van der Waals surface area contributed by atoms with E-state index in [9.17, 15) is 0 Å². The van der Waals surface area contributed by atoms with E-state index in [-0.39, 0.29) is 22.6 Å². The third-order valence-electron chi connectivity index (χ3n) is 6.61. The van der Waals surface area contributed by atoms with Gasteiger partial charge in [-0.05, 0) is 59.4 Å². The van der Waals surface area contributed by atoms with E-state index >= 15 is 0 Å². The molecule has 1 aromatic rings. The molecule has 0 amide bonds. The zero-order valence-corrected chi connectivity index (χ0v) is 22.5. The van der Waals surface area contributed by atoms with Gasteiger partial charge in [-0.1, -0.05) is 57.5 Å². The van der Waals surface area contributed by atoms with Crippen LogP contribution in [0.1, 0.15) is 92.7 Å². The van der Waals surface area contributed by atoms with Crippen molar-refractivity contribution in [3.05, 3.63) is 35.9 Å². The van der Waals surface area contributed by atoms with Crippen LogP contribution in [0.2, 0.25) is 0 Å². The third kappa shape index (κ3) is 6.31. The van der Waals surface area contributed by atoms with Gasteiger partial charge in [0.2, 0.25) is 0 Å². The second kappa shape index (κ2) is 10.4. The largest absolute Gasteiger partial charge is 0.321 e. The van der Waals surface area contributed by atoms with E-state index < -0.39 is 8.53 Å². The molecule has 0 saturated carbocycles. The van der Waals surface area contributed by atoms with Gasteiger partial charge < -0.3 is 9.05 Å². The molecule has 0 radical (unpaired) electrons. The smallest absolute Gasteiger partial charge is 0.259 e. The van der Waals surface area contributed by atoms with Gasteiger partial charge in [0.1, 0.15) is 6.10 Å². The Labute approximate surface area is 197 Å². The summed E-state index contributed by atoms with van der Waals surface area (Å²) >= 11 is 0. The Kier molecular flexibility index (Phi) is 8.45. The fraction of sp³-hybridized carbons (Fsp3) is 0.769. The van der Waals surface area contributed by atoms with Gasteiger partial charge in [-0.15, -0.1) is 0 Å². The van der Waals surface area contributed by atoms with Gasteiger partial charge in [-0.2, -0.15) is 5.06 Å². The average molecular weight is 465 g/mol. The van der Waals surface area contributed by atoms with Crippen LogP contribution in [0, 0.1) is 5.41 Å². The average Bonchev–Trinajstić information content (AvgIpc) is 2.72. The SMILES string of the molecule is CCCCN(C1CC(C)(C)N(OC(C)c2ccccc2)C(C)(C)C1)P1OCC(C)(C)CO1. The standard InChI is InChI=1S/C26H45N2O3P/c1-9-10-16-27(32-29-19-24(3,4)20-30-32)23-17-25(5,6)28(26(7,8)18-23)31-21(2)22-14-12-11-13-15-22/h11-15,21,23H,9-10,16-20H2,1-8H3. The minimum atomic E-state index is -1.00. The molecule has 0 spiro atoms. The molecule has 6 heteroatoms. The number of unbranched alkanes of at least 4 members (excludes halogenated alkanes) is 1. The van der Waals surface area contributed by atoms with E-state index in [1.54, 1.807) is 0 Å². The summed E-state index contributed by atoms with van der Waals surface area (Å²) in [6.07, 6.45) is 4.40. The van der Waals surface area contributed by atoms with Crippen LogP contribution in [0.4, 0.5) is 0 Å². The highest BCUT2D eigenvalue weighted by molar-refractivity contribution is 7.44. The van der Waals surface area contributed by atoms with Crippen LogP contribution in [-0.2, 0) is 13.9 Å². The zero-order valence-electron chi connectivity index (χ0n) is 21.6. The first-order chi connectivity index (χ1) is 15.0. The Morgan fingerprint density at radius 2 is 1.59 bits per heavy atom. The topological polar surface area (TPSA) is 34.2 Å². The van der Waals surface area contributed by atoms with Gasteiger partial charge in [0.25, 0.3) is 8.53 Å².